The second-order valence-corrected chi connectivity index (χ2v) is 5.41. The third-order valence-corrected chi connectivity index (χ3v) is 3.21. The lowest BCUT2D eigenvalue weighted by atomic mass is 10.2. The van der Waals surface area contributed by atoms with E-state index in [2.05, 4.69) is 67.7 Å². The van der Waals surface area contributed by atoms with Crippen LogP contribution in [-0.2, 0) is 9.53 Å². The Labute approximate surface area is 148 Å². The van der Waals surface area contributed by atoms with E-state index in [-0.39, 0.29) is 5.97 Å². The molecule has 0 spiro atoms. The normalized spacial score (nSPS) is 12.6. The van der Waals surface area contributed by atoms with Crippen LogP contribution in [0.3, 0.4) is 0 Å². The number of unbranched alkanes of at least 4 members (excludes halogenated alkanes) is 1. The zero-order valence-corrected chi connectivity index (χ0v) is 15.5. The molecule has 0 saturated carbocycles. The van der Waals surface area contributed by atoms with Crippen molar-refractivity contribution in [3.8, 4) is 0 Å². The fraction of sp³-hybridized carbons (Fsp3) is 0.500. The summed E-state index contributed by atoms with van der Waals surface area (Å²) >= 11 is 0. The molecule has 24 heavy (non-hydrogen) atoms. The van der Waals surface area contributed by atoms with E-state index in [0.29, 0.717) is 13.0 Å². The summed E-state index contributed by atoms with van der Waals surface area (Å²) in [7, 11) is 0. The minimum absolute atomic E-state index is 0.0927. The van der Waals surface area contributed by atoms with Gasteiger partial charge in [0, 0.05) is 6.42 Å². The first-order chi connectivity index (χ1) is 11.8. The standard InChI is InChI=1S/C22H34O2/c1-3-5-6-7-8-9-10-11-12-13-14-15-16-17-18-19-20-21-22(23)24-4-2/h5-6,8-9,11-12,14-15,17-18H,3-4,7,10,13,16,19-21H2,1-2H3/b6-5-,9-8-,12-11-,15-14-,18-17-/i22+1. The van der Waals surface area contributed by atoms with Crippen molar-refractivity contribution >= 4 is 5.97 Å². The van der Waals surface area contributed by atoms with E-state index < -0.39 is 0 Å². The minimum Gasteiger partial charge on any atom is -0.466 e. The van der Waals surface area contributed by atoms with Crippen molar-refractivity contribution in [2.24, 2.45) is 0 Å². The molecular formula is C22H34O2. The molecule has 0 unspecified atom stereocenters. The number of hydrogen-bond acceptors (Lipinski definition) is 2. The molecule has 0 N–H and O–H groups in total. The first kappa shape index (κ1) is 22.2. The fourth-order valence-corrected chi connectivity index (χ4v) is 1.97. The molecule has 0 aliphatic heterocycles. The topological polar surface area (TPSA) is 26.3 Å². The molecule has 0 bridgehead atoms. The number of hydrogen-bond donors (Lipinski definition) is 0. The van der Waals surface area contributed by atoms with Gasteiger partial charge in [-0.05, 0) is 51.9 Å². The first-order valence-electron chi connectivity index (χ1n) is 9.21. The van der Waals surface area contributed by atoms with E-state index in [0.717, 1.165) is 44.9 Å². The lowest BCUT2D eigenvalue weighted by Gasteiger charge is -1.98. The Morgan fingerprint density at radius 1 is 0.708 bits per heavy atom. The molecule has 2 heteroatoms. The molecular weight excluding hydrogens is 297 g/mol. The molecule has 0 rings (SSSR count). The van der Waals surface area contributed by atoms with Gasteiger partial charge in [-0.3, -0.25) is 4.79 Å². The Hall–Kier alpha value is -1.83. The molecule has 0 fully saturated rings. The Morgan fingerprint density at radius 2 is 1.17 bits per heavy atom. The molecule has 0 aromatic heterocycles. The van der Waals surface area contributed by atoms with Gasteiger partial charge in [-0.1, -0.05) is 67.7 Å². The van der Waals surface area contributed by atoms with Crippen LogP contribution in [0.2, 0.25) is 0 Å². The van der Waals surface area contributed by atoms with Crippen LogP contribution in [0.4, 0.5) is 0 Å². The Kier molecular flexibility index (Phi) is 17.8. The van der Waals surface area contributed by atoms with Crippen LogP contribution in [-0.4, -0.2) is 12.6 Å². The summed E-state index contributed by atoms with van der Waals surface area (Å²) < 4.78 is 4.88. The molecule has 0 aromatic carbocycles. The van der Waals surface area contributed by atoms with Crippen molar-refractivity contribution in [1.29, 1.82) is 0 Å². The third-order valence-electron chi connectivity index (χ3n) is 3.21. The molecule has 0 amide bonds. The molecule has 0 aliphatic carbocycles. The highest BCUT2D eigenvalue weighted by molar-refractivity contribution is 5.69. The van der Waals surface area contributed by atoms with Gasteiger partial charge >= 0.3 is 5.97 Å². The average Bonchev–Trinajstić information content (AvgIpc) is 2.58. The van der Waals surface area contributed by atoms with Crippen LogP contribution >= 0.6 is 0 Å². The van der Waals surface area contributed by atoms with E-state index in [1.807, 2.05) is 6.92 Å². The quantitative estimate of drug-likeness (QED) is 0.158. The second-order valence-electron chi connectivity index (χ2n) is 5.41. The van der Waals surface area contributed by atoms with Gasteiger partial charge in [0.25, 0.3) is 0 Å². The summed E-state index contributed by atoms with van der Waals surface area (Å²) in [6, 6.07) is 0. The number of rotatable bonds is 14. The number of allylic oxidation sites excluding steroid dienone is 10. The molecule has 0 aromatic rings. The molecule has 0 aliphatic rings. The molecule has 0 heterocycles. The summed E-state index contributed by atoms with van der Waals surface area (Å²) in [5, 5.41) is 0. The van der Waals surface area contributed by atoms with E-state index >= 15 is 0 Å². The lowest BCUT2D eigenvalue weighted by molar-refractivity contribution is -0.143. The van der Waals surface area contributed by atoms with Gasteiger partial charge in [0.15, 0.2) is 0 Å². The van der Waals surface area contributed by atoms with E-state index in [9.17, 15) is 4.79 Å². The van der Waals surface area contributed by atoms with Crippen molar-refractivity contribution in [1.82, 2.24) is 0 Å². The highest BCUT2D eigenvalue weighted by atomic mass is 16.6. The molecule has 0 radical (unpaired) electrons. The summed E-state index contributed by atoms with van der Waals surface area (Å²) in [6.07, 6.45) is 29.3. The van der Waals surface area contributed by atoms with Gasteiger partial charge in [-0.15, -0.1) is 0 Å². The first-order valence-corrected chi connectivity index (χ1v) is 9.21. The number of carbonyl (C=O) groups is 1. The smallest absolute Gasteiger partial charge is 0.305 e. The minimum atomic E-state index is -0.0927. The van der Waals surface area contributed by atoms with Crippen LogP contribution in [0, 0.1) is 0 Å². The van der Waals surface area contributed by atoms with E-state index in [4.69, 9.17) is 4.74 Å². The predicted molar refractivity (Wildman–Crippen MR) is 105 cm³/mol. The summed E-state index contributed by atoms with van der Waals surface area (Å²) in [5.41, 5.74) is 0. The maximum atomic E-state index is 11.1. The zero-order chi connectivity index (χ0) is 17.7. The van der Waals surface area contributed by atoms with Crippen LogP contribution in [0.25, 0.3) is 0 Å². The number of carbonyl (C=O) groups excluding carboxylic acids is 1. The largest absolute Gasteiger partial charge is 0.466 e. The van der Waals surface area contributed by atoms with E-state index in [1.54, 1.807) is 0 Å². The predicted octanol–water partition coefficient (Wildman–Crippen LogP) is 6.47. The Balaban J connectivity index is 3.48. The van der Waals surface area contributed by atoms with Crippen LogP contribution in [0.1, 0.15) is 65.2 Å². The molecule has 134 valence electrons. The summed E-state index contributed by atoms with van der Waals surface area (Å²) in [4.78, 5) is 11.1. The van der Waals surface area contributed by atoms with Crippen molar-refractivity contribution in [3.63, 3.8) is 0 Å². The van der Waals surface area contributed by atoms with Crippen molar-refractivity contribution in [3.05, 3.63) is 60.8 Å². The number of ether oxygens (including phenoxy) is 1. The molecule has 0 saturated heterocycles. The molecule has 0 atom stereocenters. The zero-order valence-electron chi connectivity index (χ0n) is 15.5. The SMILES string of the molecule is CC/C=C\C/C=C\C/C=C\C/C=C\C/C=C\CCC[13C](=O)OCC. The average molecular weight is 332 g/mol. The highest BCUT2D eigenvalue weighted by Gasteiger charge is 1.98. The van der Waals surface area contributed by atoms with Crippen molar-refractivity contribution < 1.29 is 9.53 Å². The van der Waals surface area contributed by atoms with Gasteiger partial charge in [0.05, 0.1) is 6.61 Å². The number of esters is 1. The maximum absolute atomic E-state index is 11.1. The van der Waals surface area contributed by atoms with E-state index in [1.165, 1.54) is 0 Å². The Bertz CT molecular complexity index is 425. The monoisotopic (exact) mass is 331 g/mol. The Morgan fingerprint density at radius 3 is 1.62 bits per heavy atom. The summed E-state index contributed by atoms with van der Waals surface area (Å²) in [5.74, 6) is -0.0927. The van der Waals surface area contributed by atoms with Gasteiger partial charge < -0.3 is 4.74 Å². The van der Waals surface area contributed by atoms with Crippen LogP contribution in [0.15, 0.2) is 60.8 Å². The van der Waals surface area contributed by atoms with Crippen molar-refractivity contribution in [2.45, 2.75) is 65.2 Å². The van der Waals surface area contributed by atoms with Gasteiger partial charge in [0.2, 0.25) is 0 Å². The second kappa shape index (κ2) is 19.2. The lowest BCUT2D eigenvalue weighted by Crippen LogP contribution is -2.02. The van der Waals surface area contributed by atoms with Gasteiger partial charge in [-0.2, -0.15) is 0 Å². The third kappa shape index (κ3) is 18.2. The van der Waals surface area contributed by atoms with Crippen LogP contribution < -0.4 is 0 Å². The van der Waals surface area contributed by atoms with Crippen LogP contribution in [0.5, 0.6) is 0 Å². The van der Waals surface area contributed by atoms with Gasteiger partial charge in [-0.25, -0.2) is 0 Å². The highest BCUT2D eigenvalue weighted by Crippen LogP contribution is 2.00. The maximum Gasteiger partial charge on any atom is 0.305 e. The summed E-state index contributed by atoms with van der Waals surface area (Å²) in [6.45, 7) is 4.46. The molecule has 2 nitrogen and oxygen atoms in total. The fourth-order valence-electron chi connectivity index (χ4n) is 1.97. The van der Waals surface area contributed by atoms with Gasteiger partial charge in [0.1, 0.15) is 0 Å². The van der Waals surface area contributed by atoms with Crippen molar-refractivity contribution in [2.75, 3.05) is 6.61 Å².